The molecule has 3 aromatic rings. The van der Waals surface area contributed by atoms with Crippen molar-refractivity contribution in [3.63, 3.8) is 0 Å². The molecule has 0 unspecified atom stereocenters. The van der Waals surface area contributed by atoms with Crippen LogP contribution < -0.4 is 11.0 Å². The van der Waals surface area contributed by atoms with Crippen molar-refractivity contribution in [3.05, 3.63) is 39.4 Å². The Labute approximate surface area is 183 Å². The van der Waals surface area contributed by atoms with E-state index in [1.165, 1.54) is 0 Å². The van der Waals surface area contributed by atoms with E-state index in [0.29, 0.717) is 12.5 Å². The molecule has 4 rings (SSSR count). The van der Waals surface area contributed by atoms with Crippen molar-refractivity contribution < 1.29 is 9.53 Å². The van der Waals surface area contributed by atoms with Gasteiger partial charge in [-0.2, -0.15) is 0 Å². The Morgan fingerprint density at radius 1 is 1.30 bits per heavy atom. The predicted octanol–water partition coefficient (Wildman–Crippen LogP) is 4.90. The molecular weight excluding hydrogens is 448 g/mol. The van der Waals surface area contributed by atoms with Crippen molar-refractivity contribution >= 4 is 44.0 Å². The second kappa shape index (κ2) is 8.06. The highest BCUT2D eigenvalue weighted by Crippen LogP contribution is 2.34. The lowest BCUT2D eigenvalue weighted by Crippen LogP contribution is -2.36. The number of H-pyrrole nitrogens is 1. The number of hydrogen-bond acceptors (Lipinski definition) is 4. The maximum atomic E-state index is 12.8. The first-order valence-electron chi connectivity index (χ1n) is 10.4. The fraction of sp³-hybridized carbons (Fsp3) is 0.500. The molecule has 1 fully saturated rings. The number of pyridine rings is 1. The lowest BCUT2D eigenvalue weighted by Gasteiger charge is -2.30. The normalized spacial score (nSPS) is 19.9. The third-order valence-corrected chi connectivity index (χ3v) is 6.11. The van der Waals surface area contributed by atoms with Gasteiger partial charge in [0.05, 0.1) is 22.7 Å². The summed E-state index contributed by atoms with van der Waals surface area (Å²) in [5, 5.41) is 3.85. The van der Waals surface area contributed by atoms with E-state index >= 15 is 0 Å². The molecule has 1 aliphatic carbocycles. The van der Waals surface area contributed by atoms with E-state index in [0.717, 1.165) is 52.1 Å². The van der Waals surface area contributed by atoms with Crippen LogP contribution >= 0.6 is 15.9 Å². The van der Waals surface area contributed by atoms with Gasteiger partial charge in [-0.3, -0.25) is 9.55 Å². The Bertz CT molecular complexity index is 1140. The van der Waals surface area contributed by atoms with Crippen molar-refractivity contribution in [1.82, 2.24) is 19.9 Å². The van der Waals surface area contributed by atoms with Crippen molar-refractivity contribution in [3.8, 4) is 0 Å². The number of carbonyl (C=O) groups is 1. The summed E-state index contributed by atoms with van der Waals surface area (Å²) in [5.41, 5.74) is 1.97. The van der Waals surface area contributed by atoms with E-state index in [-0.39, 0.29) is 17.8 Å². The Morgan fingerprint density at radius 2 is 2.03 bits per heavy atom. The number of aromatic amines is 1. The molecule has 0 aliphatic heterocycles. The minimum atomic E-state index is -0.495. The summed E-state index contributed by atoms with van der Waals surface area (Å²) in [6.07, 6.45) is 5.05. The van der Waals surface area contributed by atoms with Crippen molar-refractivity contribution in [1.29, 1.82) is 0 Å². The third kappa shape index (κ3) is 4.38. The number of nitrogens with zero attached hydrogens (tertiary/aromatic N) is 2. The highest BCUT2D eigenvalue weighted by molar-refractivity contribution is 9.10. The number of carbonyl (C=O) groups excluding carboxylic acids is 1. The number of fused-ring (bicyclic) bond motifs is 3. The fourth-order valence-electron chi connectivity index (χ4n) is 4.28. The molecule has 2 aromatic heterocycles. The second-order valence-corrected chi connectivity index (χ2v) is 9.96. The monoisotopic (exact) mass is 474 g/mol. The summed E-state index contributed by atoms with van der Waals surface area (Å²) < 4.78 is 8.18. The number of nitrogens with one attached hydrogen (secondary N) is 2. The highest BCUT2D eigenvalue weighted by atomic mass is 79.9. The summed E-state index contributed by atoms with van der Waals surface area (Å²) in [7, 11) is 0. The maximum absolute atomic E-state index is 12.8. The van der Waals surface area contributed by atoms with Crippen molar-refractivity contribution in [2.75, 3.05) is 6.54 Å². The van der Waals surface area contributed by atoms with Gasteiger partial charge in [0.25, 0.3) is 0 Å². The zero-order valence-electron chi connectivity index (χ0n) is 17.5. The molecular formula is C22H27BrN4O3. The average Bonchev–Trinajstić information content (AvgIpc) is 3.02. The molecule has 0 saturated heterocycles. The van der Waals surface area contributed by atoms with Crippen LogP contribution in [0, 0.1) is 5.92 Å². The summed E-state index contributed by atoms with van der Waals surface area (Å²) >= 11 is 3.53. The van der Waals surface area contributed by atoms with Gasteiger partial charge in [0.1, 0.15) is 5.60 Å². The average molecular weight is 475 g/mol. The van der Waals surface area contributed by atoms with Gasteiger partial charge in [-0.1, -0.05) is 15.9 Å². The summed E-state index contributed by atoms with van der Waals surface area (Å²) in [5.74, 6) is 0.391. The van der Waals surface area contributed by atoms with E-state index in [9.17, 15) is 9.59 Å². The predicted molar refractivity (Wildman–Crippen MR) is 121 cm³/mol. The van der Waals surface area contributed by atoms with E-state index < -0.39 is 5.60 Å². The quantitative estimate of drug-likeness (QED) is 0.564. The Kier molecular flexibility index (Phi) is 5.61. The van der Waals surface area contributed by atoms with Gasteiger partial charge in [-0.05, 0) is 70.6 Å². The van der Waals surface area contributed by atoms with Crippen LogP contribution in [0.4, 0.5) is 4.79 Å². The molecule has 2 N–H and O–H groups in total. The zero-order valence-corrected chi connectivity index (χ0v) is 19.1. The van der Waals surface area contributed by atoms with Gasteiger partial charge in [-0.25, -0.2) is 9.59 Å². The number of benzene rings is 1. The van der Waals surface area contributed by atoms with Crippen LogP contribution in [-0.4, -0.2) is 32.8 Å². The molecule has 8 heteroatoms. The number of halogens is 1. The molecule has 0 spiro atoms. The topological polar surface area (TPSA) is 89.0 Å². The van der Waals surface area contributed by atoms with Gasteiger partial charge in [-0.15, -0.1) is 0 Å². The van der Waals surface area contributed by atoms with E-state index in [1.807, 2.05) is 43.5 Å². The summed E-state index contributed by atoms with van der Waals surface area (Å²) in [4.78, 5) is 32.1. The first-order chi connectivity index (χ1) is 14.2. The zero-order chi connectivity index (χ0) is 21.5. The Balaban J connectivity index is 1.50. The third-order valence-electron chi connectivity index (χ3n) is 5.62. The molecule has 1 aromatic carbocycles. The van der Waals surface area contributed by atoms with Gasteiger partial charge in [0.15, 0.2) is 0 Å². The molecule has 1 saturated carbocycles. The van der Waals surface area contributed by atoms with Crippen molar-refractivity contribution in [2.24, 2.45) is 5.92 Å². The van der Waals surface area contributed by atoms with E-state index in [1.54, 1.807) is 6.20 Å². The van der Waals surface area contributed by atoms with Crippen LogP contribution in [-0.2, 0) is 4.74 Å². The van der Waals surface area contributed by atoms with Crippen LogP contribution in [0.2, 0.25) is 0 Å². The SMILES string of the molecule is CC(C)(C)OC(=O)NCC1CCC(n2c(=O)[nH]c3cnc4ccc(Br)cc4c32)CC1. The number of rotatable bonds is 3. The van der Waals surface area contributed by atoms with E-state index in [2.05, 4.69) is 31.2 Å². The van der Waals surface area contributed by atoms with Gasteiger partial charge < -0.3 is 15.0 Å². The molecule has 0 radical (unpaired) electrons. The minimum Gasteiger partial charge on any atom is -0.444 e. The number of aromatic nitrogens is 3. The van der Waals surface area contributed by atoms with Crippen LogP contribution in [0.1, 0.15) is 52.5 Å². The molecule has 0 bridgehead atoms. The number of ether oxygens (including phenoxy) is 1. The van der Waals surface area contributed by atoms with E-state index in [4.69, 9.17) is 4.74 Å². The van der Waals surface area contributed by atoms with Gasteiger partial charge in [0, 0.05) is 22.4 Å². The highest BCUT2D eigenvalue weighted by Gasteiger charge is 2.26. The smallest absolute Gasteiger partial charge is 0.407 e. The van der Waals surface area contributed by atoms with Crippen LogP contribution in [0.25, 0.3) is 21.9 Å². The first-order valence-corrected chi connectivity index (χ1v) is 11.2. The molecule has 7 nitrogen and oxygen atoms in total. The van der Waals surface area contributed by atoms with Crippen molar-refractivity contribution in [2.45, 2.75) is 58.1 Å². The summed E-state index contributed by atoms with van der Waals surface area (Å²) in [6.45, 7) is 6.17. The number of alkyl carbamates (subject to hydrolysis) is 1. The fourth-order valence-corrected chi connectivity index (χ4v) is 4.64. The first kappa shape index (κ1) is 20.9. The van der Waals surface area contributed by atoms with Crippen LogP contribution in [0.15, 0.2) is 33.7 Å². The Morgan fingerprint density at radius 3 is 2.73 bits per heavy atom. The second-order valence-electron chi connectivity index (χ2n) is 9.04. The number of hydrogen-bond donors (Lipinski definition) is 2. The minimum absolute atomic E-state index is 0.0883. The molecule has 30 heavy (non-hydrogen) atoms. The number of amides is 1. The molecule has 1 aliphatic rings. The molecule has 160 valence electrons. The van der Waals surface area contributed by atoms with Crippen LogP contribution in [0.3, 0.4) is 0 Å². The molecule has 1 amide bonds. The lowest BCUT2D eigenvalue weighted by atomic mass is 9.86. The standard InChI is InChI=1S/C22H27BrN4O3/c1-22(2,3)30-21(29)25-11-13-4-7-15(8-5-13)27-19-16-10-14(23)6-9-17(16)24-12-18(19)26-20(27)28/h6,9-10,12-13,15H,4-5,7-8,11H2,1-3H3,(H,25,29)(H,26,28). The van der Waals surface area contributed by atoms with Crippen LogP contribution in [0.5, 0.6) is 0 Å². The summed E-state index contributed by atoms with van der Waals surface area (Å²) in [6, 6.07) is 6.07. The number of imidazole rings is 1. The Hall–Kier alpha value is -2.35. The maximum Gasteiger partial charge on any atom is 0.407 e. The lowest BCUT2D eigenvalue weighted by molar-refractivity contribution is 0.0513. The van der Waals surface area contributed by atoms with Gasteiger partial charge >= 0.3 is 11.8 Å². The van der Waals surface area contributed by atoms with Gasteiger partial charge in [0.2, 0.25) is 0 Å². The molecule has 0 atom stereocenters. The largest absolute Gasteiger partial charge is 0.444 e. The molecule has 2 heterocycles.